The number of aliphatic hydroxyl groups is 1. The van der Waals surface area contributed by atoms with Crippen LogP contribution < -0.4 is 5.32 Å². The van der Waals surface area contributed by atoms with Gasteiger partial charge in [-0.3, -0.25) is 0 Å². The van der Waals surface area contributed by atoms with Gasteiger partial charge in [-0.2, -0.15) is 0 Å². The van der Waals surface area contributed by atoms with Crippen molar-refractivity contribution in [1.82, 2.24) is 5.32 Å². The normalized spacial score (nSPS) is 12.4. The highest BCUT2D eigenvalue weighted by molar-refractivity contribution is 5.87. The van der Waals surface area contributed by atoms with Crippen LogP contribution in [0.3, 0.4) is 0 Å². The van der Waals surface area contributed by atoms with Gasteiger partial charge in [0.2, 0.25) is 0 Å². The minimum atomic E-state index is -1.28. The van der Waals surface area contributed by atoms with E-state index in [2.05, 4.69) is 5.32 Å². The van der Waals surface area contributed by atoms with Crippen molar-refractivity contribution in [3.8, 4) is 0 Å². The van der Waals surface area contributed by atoms with E-state index in [1.165, 1.54) is 12.1 Å². The lowest BCUT2D eigenvalue weighted by atomic mass is 10.1. The Bertz CT molecular complexity index is 379. The topological polar surface area (TPSA) is 69.6 Å². The Morgan fingerprint density at radius 3 is 2.75 bits per heavy atom. The summed E-state index contributed by atoms with van der Waals surface area (Å²) in [6.07, 6.45) is -0.469. The average molecular weight is 227 g/mol. The molecule has 4 nitrogen and oxygen atoms in total. The van der Waals surface area contributed by atoms with Gasteiger partial charge in [0, 0.05) is 13.1 Å². The molecular weight excluding hydrogens is 213 g/mol. The van der Waals surface area contributed by atoms with E-state index >= 15 is 0 Å². The summed E-state index contributed by atoms with van der Waals surface area (Å²) in [5.74, 6) is -2.02. The largest absolute Gasteiger partial charge is 0.478 e. The van der Waals surface area contributed by atoms with E-state index in [-0.39, 0.29) is 5.56 Å². The highest BCUT2D eigenvalue weighted by atomic mass is 19.1. The molecule has 0 saturated heterocycles. The molecule has 0 spiro atoms. The lowest BCUT2D eigenvalue weighted by molar-refractivity contribution is 0.0692. The van der Waals surface area contributed by atoms with E-state index in [0.717, 1.165) is 0 Å². The lowest BCUT2D eigenvalue weighted by Crippen LogP contribution is -2.23. The van der Waals surface area contributed by atoms with Crippen LogP contribution in [0.5, 0.6) is 0 Å². The number of aliphatic hydroxyl groups excluding tert-OH is 1. The van der Waals surface area contributed by atoms with Gasteiger partial charge in [-0.15, -0.1) is 0 Å². The Morgan fingerprint density at radius 2 is 2.25 bits per heavy atom. The van der Waals surface area contributed by atoms with Crippen LogP contribution in [0.25, 0.3) is 0 Å². The van der Waals surface area contributed by atoms with Crippen LogP contribution >= 0.6 is 0 Å². The highest BCUT2D eigenvalue weighted by Gasteiger charge is 2.09. The average Bonchev–Trinajstić information content (AvgIpc) is 2.16. The van der Waals surface area contributed by atoms with Gasteiger partial charge in [-0.05, 0) is 24.6 Å². The smallest absolute Gasteiger partial charge is 0.338 e. The summed E-state index contributed by atoms with van der Waals surface area (Å²) in [6, 6.07) is 3.96. The number of nitrogens with one attached hydrogen (secondary N) is 1. The van der Waals surface area contributed by atoms with Gasteiger partial charge in [0.1, 0.15) is 5.82 Å². The fourth-order valence-corrected chi connectivity index (χ4v) is 1.27. The molecule has 0 saturated carbocycles. The first kappa shape index (κ1) is 12.6. The molecule has 1 aromatic carbocycles. The molecular formula is C11H14FNO3. The molecule has 88 valence electrons. The molecule has 1 rings (SSSR count). The van der Waals surface area contributed by atoms with Crippen molar-refractivity contribution in [2.75, 3.05) is 6.54 Å². The van der Waals surface area contributed by atoms with Crippen LogP contribution in [0.4, 0.5) is 4.39 Å². The standard InChI is InChI=1S/C11H14FNO3/c1-7(14)5-13-6-8-2-3-9(11(15)16)10(12)4-8/h2-4,7,13-14H,5-6H2,1H3,(H,15,16). The molecule has 0 aliphatic carbocycles. The molecule has 0 fully saturated rings. The predicted molar refractivity (Wildman–Crippen MR) is 56.7 cm³/mol. The van der Waals surface area contributed by atoms with E-state index in [9.17, 15) is 9.18 Å². The van der Waals surface area contributed by atoms with Crippen molar-refractivity contribution in [3.63, 3.8) is 0 Å². The van der Waals surface area contributed by atoms with Crippen LogP contribution in [-0.2, 0) is 6.54 Å². The summed E-state index contributed by atoms with van der Waals surface area (Å²) in [7, 11) is 0. The number of aromatic carboxylic acids is 1. The van der Waals surface area contributed by atoms with E-state index < -0.39 is 17.9 Å². The second-order valence-corrected chi connectivity index (χ2v) is 3.60. The maximum absolute atomic E-state index is 13.2. The molecule has 0 aliphatic rings. The zero-order valence-electron chi connectivity index (χ0n) is 8.90. The number of benzene rings is 1. The summed E-state index contributed by atoms with van der Waals surface area (Å²) < 4.78 is 13.2. The van der Waals surface area contributed by atoms with Gasteiger partial charge >= 0.3 is 5.97 Å². The Morgan fingerprint density at radius 1 is 1.56 bits per heavy atom. The van der Waals surface area contributed by atoms with Crippen molar-refractivity contribution in [3.05, 3.63) is 35.1 Å². The zero-order chi connectivity index (χ0) is 12.1. The molecule has 0 radical (unpaired) electrons. The number of rotatable bonds is 5. The van der Waals surface area contributed by atoms with Crippen molar-refractivity contribution < 1.29 is 19.4 Å². The predicted octanol–water partition coefficient (Wildman–Crippen LogP) is 0.994. The number of carboxylic acid groups (broad SMARTS) is 1. The SMILES string of the molecule is CC(O)CNCc1ccc(C(=O)O)c(F)c1. The van der Waals surface area contributed by atoms with Crippen LogP contribution in [0.1, 0.15) is 22.8 Å². The quantitative estimate of drug-likeness (QED) is 0.701. The van der Waals surface area contributed by atoms with E-state index in [1.807, 2.05) is 0 Å². The van der Waals surface area contributed by atoms with Gasteiger partial charge in [0.25, 0.3) is 0 Å². The Labute approximate surface area is 92.7 Å². The van der Waals surface area contributed by atoms with Gasteiger partial charge in [-0.1, -0.05) is 6.07 Å². The second kappa shape index (κ2) is 5.58. The van der Waals surface area contributed by atoms with Gasteiger partial charge in [0.15, 0.2) is 0 Å². The zero-order valence-corrected chi connectivity index (χ0v) is 8.90. The Kier molecular flexibility index (Phi) is 4.39. The van der Waals surface area contributed by atoms with Crippen LogP contribution in [-0.4, -0.2) is 28.8 Å². The van der Waals surface area contributed by atoms with Crippen LogP contribution in [0.2, 0.25) is 0 Å². The molecule has 5 heteroatoms. The first-order valence-corrected chi connectivity index (χ1v) is 4.91. The molecule has 1 aromatic rings. The van der Waals surface area contributed by atoms with Gasteiger partial charge in [-0.25, -0.2) is 9.18 Å². The molecule has 3 N–H and O–H groups in total. The number of carboxylic acids is 1. The fraction of sp³-hybridized carbons (Fsp3) is 0.364. The number of hydrogen-bond donors (Lipinski definition) is 3. The van der Waals surface area contributed by atoms with Crippen molar-refractivity contribution >= 4 is 5.97 Å². The van der Waals surface area contributed by atoms with E-state index in [1.54, 1.807) is 13.0 Å². The van der Waals surface area contributed by atoms with Crippen LogP contribution in [0.15, 0.2) is 18.2 Å². The first-order chi connectivity index (χ1) is 7.50. The molecule has 1 unspecified atom stereocenters. The molecule has 0 amide bonds. The third kappa shape index (κ3) is 3.60. The summed E-state index contributed by atoms with van der Waals surface area (Å²) in [5.41, 5.74) is 0.308. The summed E-state index contributed by atoms with van der Waals surface area (Å²) in [4.78, 5) is 10.5. The molecule has 1 atom stereocenters. The molecule has 0 heterocycles. The molecule has 0 bridgehead atoms. The second-order valence-electron chi connectivity index (χ2n) is 3.60. The maximum Gasteiger partial charge on any atom is 0.338 e. The summed E-state index contributed by atoms with van der Waals surface area (Å²) >= 11 is 0. The monoisotopic (exact) mass is 227 g/mol. The van der Waals surface area contributed by atoms with Crippen molar-refractivity contribution in [1.29, 1.82) is 0 Å². The van der Waals surface area contributed by atoms with E-state index in [4.69, 9.17) is 10.2 Å². The molecule has 16 heavy (non-hydrogen) atoms. The summed E-state index contributed by atoms with van der Waals surface area (Å²) in [5, 5.41) is 20.5. The fourth-order valence-electron chi connectivity index (χ4n) is 1.27. The first-order valence-electron chi connectivity index (χ1n) is 4.91. The minimum Gasteiger partial charge on any atom is -0.478 e. The third-order valence-electron chi connectivity index (χ3n) is 2.03. The third-order valence-corrected chi connectivity index (χ3v) is 2.03. The van der Waals surface area contributed by atoms with Crippen LogP contribution in [0, 0.1) is 5.82 Å². The summed E-state index contributed by atoms with van der Waals surface area (Å²) in [6.45, 7) is 2.44. The lowest BCUT2D eigenvalue weighted by Gasteiger charge is -2.07. The highest BCUT2D eigenvalue weighted by Crippen LogP contribution is 2.10. The molecule has 0 aliphatic heterocycles. The van der Waals surface area contributed by atoms with Gasteiger partial charge < -0.3 is 15.5 Å². The van der Waals surface area contributed by atoms with Crippen molar-refractivity contribution in [2.45, 2.75) is 19.6 Å². The molecule has 0 aromatic heterocycles. The number of halogens is 1. The number of hydrogen-bond acceptors (Lipinski definition) is 3. The van der Waals surface area contributed by atoms with Crippen molar-refractivity contribution in [2.24, 2.45) is 0 Å². The Balaban J connectivity index is 2.63. The van der Waals surface area contributed by atoms with Gasteiger partial charge in [0.05, 0.1) is 11.7 Å². The van der Waals surface area contributed by atoms with E-state index in [0.29, 0.717) is 18.7 Å². The Hall–Kier alpha value is -1.46. The maximum atomic E-state index is 13.2. The minimum absolute atomic E-state index is 0.334. The number of carbonyl (C=O) groups is 1.